The SMILES string of the molecule is [O]=[Mn](=[O])(=[O])[O-].[O]=[Mn](=[O])(=[O])[O-].[O]=[Mn](=[O])(=[O])[O-].[Pm+3]. The molecule has 0 heterocycles. The minimum atomic E-state index is -5.62. The van der Waals surface area contributed by atoms with Crippen molar-refractivity contribution in [3.63, 3.8) is 0 Å². The van der Waals surface area contributed by atoms with Gasteiger partial charge in [0.25, 0.3) is 0 Å². The van der Waals surface area contributed by atoms with Crippen molar-refractivity contribution in [2.45, 2.75) is 0 Å². The fraction of sp³-hybridized carbons (Fsp3) is 0. The van der Waals surface area contributed by atoms with E-state index >= 15 is 0 Å². The van der Waals surface area contributed by atoms with Crippen LogP contribution in [0, 0.1) is 40.4 Å². The van der Waals surface area contributed by atoms with Gasteiger partial charge in [0.05, 0.1) is 0 Å². The third-order valence-corrected chi connectivity index (χ3v) is 0. The first-order chi connectivity index (χ1) is 6.00. The molecule has 0 saturated carbocycles. The van der Waals surface area contributed by atoms with Crippen LogP contribution in [0.1, 0.15) is 0 Å². The van der Waals surface area contributed by atoms with E-state index in [1.54, 1.807) is 0 Å². The molecule has 16 heteroatoms. The molecular formula is Mn3O12Pm. The van der Waals surface area contributed by atoms with Gasteiger partial charge in [-0.25, -0.2) is 0 Å². The molecule has 0 saturated heterocycles. The molecule has 0 unspecified atom stereocenters. The van der Waals surface area contributed by atoms with Crippen molar-refractivity contribution in [3.05, 3.63) is 0 Å². The van der Waals surface area contributed by atoms with Crippen molar-refractivity contribution >= 4 is 0 Å². The first-order valence-corrected chi connectivity index (χ1v) is 7.63. The second kappa shape index (κ2) is 9.95. The van der Waals surface area contributed by atoms with Crippen molar-refractivity contribution in [1.29, 1.82) is 0 Å². The Kier molecular flexibility index (Phi) is 16.0. The van der Waals surface area contributed by atoms with Crippen LogP contribution in [0.25, 0.3) is 0 Å². The average molecular weight is 502 g/mol. The maximum atomic E-state index is 8.58. The second-order valence-electron chi connectivity index (χ2n) is 1.13. The van der Waals surface area contributed by atoms with E-state index in [0.29, 0.717) is 0 Å². The minimum Gasteiger partial charge on any atom is 3.00 e. The van der Waals surface area contributed by atoms with E-state index in [0.717, 1.165) is 0 Å². The minimum absolute atomic E-state index is 0. The molecule has 0 spiro atoms. The Morgan fingerprint density at radius 2 is 0.438 bits per heavy atom. The quantitative estimate of drug-likeness (QED) is 0.286. The first-order valence-electron chi connectivity index (χ1n) is 1.85. The number of rotatable bonds is 0. The van der Waals surface area contributed by atoms with Crippen molar-refractivity contribution in [1.82, 2.24) is 0 Å². The van der Waals surface area contributed by atoms with Gasteiger partial charge in [-0.05, 0) is 0 Å². The third-order valence-electron chi connectivity index (χ3n) is 0. The molecule has 0 aliphatic rings. The van der Waals surface area contributed by atoms with Gasteiger partial charge >= 0.3 is 126 Å². The van der Waals surface area contributed by atoms with E-state index in [-0.39, 0.29) is 40.4 Å². The van der Waals surface area contributed by atoms with Gasteiger partial charge in [-0.1, -0.05) is 0 Å². The van der Waals surface area contributed by atoms with Crippen LogP contribution in [0.5, 0.6) is 0 Å². The van der Waals surface area contributed by atoms with Gasteiger partial charge in [-0.2, -0.15) is 0 Å². The van der Waals surface area contributed by atoms with Crippen molar-refractivity contribution in [2.75, 3.05) is 0 Å². The molecule has 0 aliphatic heterocycles. The van der Waals surface area contributed by atoms with E-state index < -0.39 is 38.9 Å². The van der Waals surface area contributed by atoms with Gasteiger partial charge < -0.3 is 0 Å². The van der Waals surface area contributed by atoms with Crippen molar-refractivity contribution in [2.24, 2.45) is 0 Å². The molecule has 0 atom stereocenters. The van der Waals surface area contributed by atoms with Crippen molar-refractivity contribution in [3.8, 4) is 0 Å². The summed E-state index contributed by atoms with van der Waals surface area (Å²) in [6, 6.07) is 0. The zero-order chi connectivity index (χ0) is 13.5. The Hall–Kier alpha value is 0.976. The molecule has 0 aromatic heterocycles. The third kappa shape index (κ3) is 3070. The van der Waals surface area contributed by atoms with Gasteiger partial charge in [0.1, 0.15) is 0 Å². The Morgan fingerprint density at radius 1 is 0.438 bits per heavy atom. The maximum absolute atomic E-state index is 8.58. The number of hydrogen-bond donors (Lipinski definition) is 0. The fourth-order valence-electron chi connectivity index (χ4n) is 0. The van der Waals surface area contributed by atoms with Crippen LogP contribution in [0.4, 0.5) is 0 Å². The summed E-state index contributed by atoms with van der Waals surface area (Å²) in [4.78, 5) is 0. The Morgan fingerprint density at radius 3 is 0.438 bits per heavy atom. The van der Waals surface area contributed by atoms with Crippen LogP contribution < -0.4 is 12.6 Å². The molecule has 0 rings (SSSR count). The summed E-state index contributed by atoms with van der Waals surface area (Å²) >= 11 is -16.9. The van der Waals surface area contributed by atoms with Crippen LogP contribution in [-0.2, 0) is 73.4 Å². The molecule has 0 aromatic carbocycles. The van der Waals surface area contributed by atoms with E-state index in [9.17, 15) is 0 Å². The van der Waals surface area contributed by atoms with Crippen LogP contribution in [0.15, 0.2) is 0 Å². The van der Waals surface area contributed by atoms with Crippen LogP contribution in [0.2, 0.25) is 0 Å². The monoisotopic (exact) mass is 502 g/mol. The van der Waals surface area contributed by atoms with Gasteiger partial charge in [0.15, 0.2) is 0 Å². The van der Waals surface area contributed by atoms with E-state index in [1.165, 1.54) is 0 Å². The van der Waals surface area contributed by atoms with Crippen LogP contribution in [-0.4, -0.2) is 0 Å². The van der Waals surface area contributed by atoms with Gasteiger partial charge in [0.2, 0.25) is 0 Å². The molecule has 0 aromatic rings. The molecule has 0 bridgehead atoms. The molecule has 0 N–H and O–H groups in total. The van der Waals surface area contributed by atoms with E-state index in [2.05, 4.69) is 0 Å². The molecular weight excluding hydrogens is 502 g/mol. The largest absolute Gasteiger partial charge is 3.00 e. The molecule has 12 nitrogen and oxygen atoms in total. The van der Waals surface area contributed by atoms with Gasteiger partial charge in [-0.3, -0.25) is 0 Å². The van der Waals surface area contributed by atoms with Gasteiger partial charge in [-0.15, -0.1) is 0 Å². The van der Waals surface area contributed by atoms with Crippen LogP contribution in [0.3, 0.4) is 0 Å². The standard InChI is InChI=1S/3Mn.12O.Pm/q;;;;;;;;;;;;3*-1;+3. The molecule has 98 valence electrons. The second-order valence-corrected chi connectivity index (χ2v) is 4.68. The van der Waals surface area contributed by atoms with E-state index in [4.69, 9.17) is 47.1 Å². The first kappa shape index (κ1) is 25.7. The summed E-state index contributed by atoms with van der Waals surface area (Å²) in [6.07, 6.45) is 0. The number of hydrogen-bond acceptors (Lipinski definition) is 12. The Balaban J connectivity index is -0.0000000655. The smallest absolute Gasteiger partial charge is 3.00 e. The van der Waals surface area contributed by atoms with E-state index in [1.807, 2.05) is 0 Å². The predicted molar refractivity (Wildman–Crippen MR) is 6.18 cm³/mol. The Labute approximate surface area is 125 Å². The van der Waals surface area contributed by atoms with Crippen LogP contribution >= 0.6 is 0 Å². The molecule has 0 fully saturated rings. The molecule has 0 aliphatic carbocycles. The molecule has 0 amide bonds. The summed E-state index contributed by atoms with van der Waals surface area (Å²) in [5.74, 6) is 0. The summed E-state index contributed by atoms with van der Waals surface area (Å²) in [6.45, 7) is 0. The van der Waals surface area contributed by atoms with Crippen molar-refractivity contribution < 1.29 is 126 Å². The summed E-state index contributed by atoms with van der Waals surface area (Å²) in [7, 11) is 0. The van der Waals surface area contributed by atoms with Gasteiger partial charge in [0, 0.05) is 0 Å². The topological polar surface area (TPSA) is 223 Å². The fourth-order valence-corrected chi connectivity index (χ4v) is 0. The Bertz CT molecular complexity index is 480. The maximum Gasteiger partial charge on any atom is 3.00 e. The molecule has 16 heavy (non-hydrogen) atoms. The predicted octanol–water partition coefficient (Wildman–Crippen LogP) is -4.64. The summed E-state index contributed by atoms with van der Waals surface area (Å²) in [5.41, 5.74) is 0. The zero-order valence-corrected chi connectivity index (χ0v) is 12.9. The zero-order valence-electron chi connectivity index (χ0n) is 6.48. The molecule has 0 radical (unpaired) electrons. The normalized spacial score (nSPS) is 10.7. The summed E-state index contributed by atoms with van der Waals surface area (Å²) < 4.78 is 103. The average Bonchev–Trinajstić information content (AvgIpc) is 1.41. The summed E-state index contributed by atoms with van der Waals surface area (Å²) in [5, 5.41) is 0.